The van der Waals surface area contributed by atoms with Gasteiger partial charge < -0.3 is 0 Å². The second kappa shape index (κ2) is 10.1. The molecule has 0 aromatic rings. The first-order valence-electron chi connectivity index (χ1n) is 6.69. The molecule has 0 aliphatic rings. The minimum atomic E-state index is -3.73. The average Bonchev–Trinajstić information content (AvgIpc) is 2.42. The van der Waals surface area contributed by atoms with E-state index in [2.05, 4.69) is 0 Å². The van der Waals surface area contributed by atoms with Crippen molar-refractivity contribution in [2.45, 2.75) is 49.4 Å². The van der Waals surface area contributed by atoms with Crippen molar-refractivity contribution in [3.8, 4) is 0 Å². The summed E-state index contributed by atoms with van der Waals surface area (Å²) < 4.78 is 12.3. The molecule has 0 fully saturated rings. The third kappa shape index (κ3) is 7.40. The Balaban J connectivity index is 5.15. The summed E-state index contributed by atoms with van der Waals surface area (Å²) in [5.41, 5.74) is 0. The molecule has 0 radical (unpaired) electrons. The first-order valence-corrected chi connectivity index (χ1v) is 13.1. The Bertz CT molecular complexity index is 313. The van der Waals surface area contributed by atoms with Gasteiger partial charge in [-0.1, -0.05) is 0 Å². The van der Waals surface area contributed by atoms with Gasteiger partial charge in [0.25, 0.3) is 0 Å². The molecule has 0 rings (SSSR count). The van der Waals surface area contributed by atoms with E-state index in [1.54, 1.807) is 13.8 Å². The zero-order valence-corrected chi connectivity index (χ0v) is 15.1. The van der Waals surface area contributed by atoms with Gasteiger partial charge >= 0.3 is 121 Å². The van der Waals surface area contributed by atoms with Crippen molar-refractivity contribution in [3.05, 3.63) is 24.3 Å². The molecule has 0 aliphatic carbocycles. The molecule has 0 amide bonds. The maximum absolute atomic E-state index is 11.6. The molecule has 0 heterocycles. The molecule has 0 aliphatic heterocycles. The van der Waals surface area contributed by atoms with E-state index in [1.807, 2.05) is 38.2 Å². The number of carbonyl (C=O) groups is 2. The summed E-state index contributed by atoms with van der Waals surface area (Å²) in [5.74, 6) is -0.567. The van der Waals surface area contributed by atoms with Crippen LogP contribution in [0.15, 0.2) is 24.3 Å². The van der Waals surface area contributed by atoms with E-state index >= 15 is 0 Å². The van der Waals surface area contributed by atoms with Crippen LogP contribution < -0.4 is 0 Å². The van der Waals surface area contributed by atoms with Gasteiger partial charge in [-0.05, 0) is 0 Å². The van der Waals surface area contributed by atoms with Crippen molar-refractivity contribution in [2.24, 2.45) is 0 Å². The van der Waals surface area contributed by atoms with Crippen LogP contribution in [0.25, 0.3) is 0 Å². The first-order chi connectivity index (χ1) is 9.03. The van der Waals surface area contributed by atoms with Crippen LogP contribution >= 0.6 is 0 Å². The molecule has 0 aromatic carbocycles. The summed E-state index contributed by atoms with van der Waals surface area (Å²) >= 11 is -3.73. The van der Waals surface area contributed by atoms with Crippen LogP contribution in [0.1, 0.15) is 40.5 Å². The van der Waals surface area contributed by atoms with Crippen molar-refractivity contribution in [1.29, 1.82) is 0 Å². The molecule has 0 saturated carbocycles. The van der Waals surface area contributed by atoms with Crippen LogP contribution in [-0.2, 0) is 15.7 Å². The number of hydrogen-bond acceptors (Lipinski definition) is 4. The van der Waals surface area contributed by atoms with E-state index in [-0.39, 0.29) is 11.9 Å². The SMILES string of the molecule is CC=C[CH2][Sn]([CH2]C=CC)([O]C(=O)CC)[O]C(=O)CC. The normalized spacial score (nSPS) is 12.0. The standard InChI is InChI=1S/2C4H7.2C3H6O2.Sn/c2*1-3-4-2;2*1-2-3(4)5;/h2*3-4H,1H2,2H3;2*2H2,1H3,(H,4,5);/q;;;;+2/p-2. The predicted molar refractivity (Wildman–Crippen MR) is 77.8 cm³/mol. The van der Waals surface area contributed by atoms with Gasteiger partial charge in [-0.25, -0.2) is 0 Å². The van der Waals surface area contributed by atoms with Crippen LogP contribution in [0.5, 0.6) is 0 Å². The van der Waals surface area contributed by atoms with Crippen LogP contribution in [-0.4, -0.2) is 31.1 Å². The number of carbonyl (C=O) groups excluding carboxylic acids is 2. The summed E-state index contributed by atoms with van der Waals surface area (Å²) in [6.07, 6.45) is 8.22. The van der Waals surface area contributed by atoms with Gasteiger partial charge in [0.2, 0.25) is 0 Å². The van der Waals surface area contributed by atoms with Crippen LogP contribution in [0, 0.1) is 0 Å². The van der Waals surface area contributed by atoms with E-state index in [9.17, 15) is 9.59 Å². The van der Waals surface area contributed by atoms with E-state index < -0.39 is 19.2 Å². The second-order valence-electron chi connectivity index (χ2n) is 4.11. The average molecular weight is 375 g/mol. The van der Waals surface area contributed by atoms with Crippen molar-refractivity contribution in [3.63, 3.8) is 0 Å². The number of allylic oxidation sites excluding steroid dienone is 4. The molecular weight excluding hydrogens is 351 g/mol. The van der Waals surface area contributed by atoms with Gasteiger partial charge in [0.1, 0.15) is 0 Å². The molecule has 5 heteroatoms. The Hall–Kier alpha value is -0.781. The topological polar surface area (TPSA) is 52.6 Å². The zero-order chi connectivity index (χ0) is 14.7. The van der Waals surface area contributed by atoms with Crippen molar-refractivity contribution in [1.82, 2.24) is 0 Å². The number of hydrogen-bond donors (Lipinski definition) is 0. The van der Waals surface area contributed by atoms with Gasteiger partial charge in [-0.2, -0.15) is 0 Å². The van der Waals surface area contributed by atoms with Crippen molar-refractivity contribution in [2.75, 3.05) is 0 Å². The van der Waals surface area contributed by atoms with E-state index in [1.165, 1.54) is 0 Å². The van der Waals surface area contributed by atoms with Gasteiger partial charge in [-0.3, -0.25) is 0 Å². The summed E-state index contributed by atoms with van der Waals surface area (Å²) in [6.45, 7) is 7.28. The van der Waals surface area contributed by atoms with Gasteiger partial charge in [0.05, 0.1) is 0 Å². The van der Waals surface area contributed by atoms with Gasteiger partial charge in [0.15, 0.2) is 0 Å². The quantitative estimate of drug-likeness (QED) is 0.482. The third-order valence-electron chi connectivity index (χ3n) is 2.51. The molecule has 4 nitrogen and oxygen atoms in total. The summed E-state index contributed by atoms with van der Waals surface area (Å²) in [7, 11) is 0. The first kappa shape index (κ1) is 18.2. The molecule has 0 atom stereocenters. The fourth-order valence-electron chi connectivity index (χ4n) is 1.42. The fraction of sp³-hybridized carbons (Fsp3) is 0.571. The number of rotatable bonds is 8. The monoisotopic (exact) mass is 376 g/mol. The van der Waals surface area contributed by atoms with Gasteiger partial charge in [-0.15, -0.1) is 0 Å². The van der Waals surface area contributed by atoms with Crippen molar-refractivity contribution < 1.29 is 15.7 Å². The Morgan fingerprint density at radius 3 is 1.53 bits per heavy atom. The Morgan fingerprint density at radius 1 is 0.895 bits per heavy atom. The van der Waals surface area contributed by atoms with E-state index in [0.29, 0.717) is 21.7 Å². The fourth-order valence-corrected chi connectivity index (χ4v) is 9.56. The Morgan fingerprint density at radius 2 is 1.26 bits per heavy atom. The summed E-state index contributed by atoms with van der Waals surface area (Å²) in [5, 5.41) is 0. The predicted octanol–water partition coefficient (Wildman–Crippen LogP) is 3.49. The summed E-state index contributed by atoms with van der Waals surface area (Å²) in [6, 6.07) is 0. The third-order valence-corrected chi connectivity index (χ3v) is 10.8. The Kier molecular flexibility index (Phi) is 9.65. The maximum atomic E-state index is 11.6. The molecule has 108 valence electrons. The Labute approximate surface area is 120 Å². The van der Waals surface area contributed by atoms with Crippen LogP contribution in [0.3, 0.4) is 0 Å². The van der Waals surface area contributed by atoms with E-state index in [4.69, 9.17) is 6.15 Å². The zero-order valence-electron chi connectivity index (χ0n) is 12.3. The van der Waals surface area contributed by atoms with Crippen LogP contribution in [0.2, 0.25) is 8.87 Å². The minimum absolute atomic E-state index is 0.284. The summed E-state index contributed by atoms with van der Waals surface area (Å²) in [4.78, 5) is 23.2. The molecule has 0 N–H and O–H groups in total. The molecule has 0 saturated heterocycles. The molecule has 0 bridgehead atoms. The molecule has 19 heavy (non-hydrogen) atoms. The molecular formula is C14H24O4Sn. The molecule has 0 unspecified atom stereocenters. The van der Waals surface area contributed by atoms with Crippen molar-refractivity contribution >= 4 is 31.1 Å². The molecule has 0 spiro atoms. The van der Waals surface area contributed by atoms with E-state index in [0.717, 1.165) is 0 Å². The second-order valence-corrected chi connectivity index (χ2v) is 12.8. The van der Waals surface area contributed by atoms with Gasteiger partial charge in [0, 0.05) is 0 Å². The molecule has 0 aromatic heterocycles. The van der Waals surface area contributed by atoms with Crippen LogP contribution in [0.4, 0.5) is 0 Å².